The second-order valence-corrected chi connectivity index (χ2v) is 4.75. The van der Waals surface area contributed by atoms with Crippen molar-refractivity contribution < 1.29 is 0 Å². The topological polar surface area (TPSA) is 29.9 Å². The van der Waals surface area contributed by atoms with Gasteiger partial charge in [-0.15, -0.1) is 0 Å². The van der Waals surface area contributed by atoms with Crippen LogP contribution in [0.3, 0.4) is 0 Å². The van der Waals surface area contributed by atoms with Crippen LogP contribution >= 0.6 is 0 Å². The van der Waals surface area contributed by atoms with Gasteiger partial charge >= 0.3 is 0 Å². The van der Waals surface area contributed by atoms with Gasteiger partial charge in [0.15, 0.2) is 0 Å². The van der Waals surface area contributed by atoms with Crippen LogP contribution in [0.2, 0.25) is 0 Å². The van der Waals surface area contributed by atoms with Gasteiger partial charge in [-0.1, -0.05) is 13.8 Å². The van der Waals surface area contributed by atoms with Gasteiger partial charge in [-0.2, -0.15) is 5.10 Å². The van der Waals surface area contributed by atoms with Gasteiger partial charge in [0.25, 0.3) is 0 Å². The van der Waals surface area contributed by atoms with E-state index in [2.05, 4.69) is 30.5 Å². The number of nitrogens with one attached hydrogen (secondary N) is 1. The Bertz CT molecular complexity index is 306. The van der Waals surface area contributed by atoms with Gasteiger partial charge in [-0.05, 0) is 31.6 Å². The van der Waals surface area contributed by atoms with Crippen molar-refractivity contribution in [3.63, 3.8) is 0 Å². The Labute approximate surface area is 91.9 Å². The molecule has 1 aromatic rings. The van der Waals surface area contributed by atoms with E-state index >= 15 is 0 Å². The molecule has 2 atom stereocenters. The first-order valence-corrected chi connectivity index (χ1v) is 6.07. The molecule has 1 fully saturated rings. The first-order valence-electron chi connectivity index (χ1n) is 6.07. The molecule has 1 aliphatic carbocycles. The molecule has 0 bridgehead atoms. The van der Waals surface area contributed by atoms with E-state index in [0.29, 0.717) is 6.04 Å². The van der Waals surface area contributed by atoms with Gasteiger partial charge in [0.2, 0.25) is 0 Å². The van der Waals surface area contributed by atoms with Gasteiger partial charge in [0.05, 0.1) is 11.9 Å². The maximum Gasteiger partial charge on any atom is 0.0728 e. The fraction of sp³-hybridized carbons (Fsp3) is 0.750. The van der Waals surface area contributed by atoms with Gasteiger partial charge in [0.1, 0.15) is 0 Å². The average molecular weight is 207 g/mol. The highest BCUT2D eigenvalue weighted by atomic mass is 15.3. The molecule has 1 N–H and O–H groups in total. The second kappa shape index (κ2) is 4.69. The lowest BCUT2D eigenvalue weighted by molar-refractivity contribution is 0.600. The summed E-state index contributed by atoms with van der Waals surface area (Å²) in [5, 5.41) is 7.89. The Morgan fingerprint density at radius 1 is 1.53 bits per heavy atom. The lowest BCUT2D eigenvalue weighted by Gasteiger charge is -2.11. The molecular weight excluding hydrogens is 186 g/mol. The van der Waals surface area contributed by atoms with Crippen molar-refractivity contribution in [1.29, 1.82) is 0 Å². The number of hydrogen-bond acceptors (Lipinski definition) is 2. The molecule has 0 aromatic carbocycles. The Balaban J connectivity index is 1.87. The molecule has 0 saturated heterocycles. The summed E-state index contributed by atoms with van der Waals surface area (Å²) >= 11 is 0. The summed E-state index contributed by atoms with van der Waals surface area (Å²) in [6, 6.07) is 0.666. The number of nitrogens with zero attached hydrogens (tertiary/aromatic N) is 2. The van der Waals surface area contributed by atoms with Crippen LogP contribution in [-0.2, 0) is 6.54 Å². The molecule has 3 nitrogen and oxygen atoms in total. The van der Waals surface area contributed by atoms with E-state index in [9.17, 15) is 0 Å². The summed E-state index contributed by atoms with van der Waals surface area (Å²) in [4.78, 5) is 0. The predicted molar refractivity (Wildman–Crippen MR) is 62.9 cm³/mol. The number of anilines is 1. The molecule has 0 radical (unpaired) electrons. The molecule has 1 aliphatic rings. The molecule has 1 saturated carbocycles. The van der Waals surface area contributed by atoms with E-state index < -0.39 is 0 Å². The summed E-state index contributed by atoms with van der Waals surface area (Å²) < 4.78 is 2.01. The number of rotatable bonds is 4. The minimum absolute atomic E-state index is 0.666. The molecule has 1 heterocycles. The van der Waals surface area contributed by atoms with Crippen LogP contribution in [0.25, 0.3) is 0 Å². The van der Waals surface area contributed by atoms with E-state index in [1.54, 1.807) is 0 Å². The summed E-state index contributed by atoms with van der Waals surface area (Å²) in [6.07, 6.45) is 9.17. The summed E-state index contributed by atoms with van der Waals surface area (Å²) in [5.41, 5.74) is 1.18. The third-order valence-electron chi connectivity index (χ3n) is 3.15. The zero-order valence-corrected chi connectivity index (χ0v) is 9.74. The highest BCUT2D eigenvalue weighted by Crippen LogP contribution is 2.27. The van der Waals surface area contributed by atoms with Crippen LogP contribution in [-0.4, -0.2) is 15.8 Å². The first kappa shape index (κ1) is 10.5. The summed E-state index contributed by atoms with van der Waals surface area (Å²) in [5.74, 6) is 0.883. The molecule has 0 amide bonds. The van der Waals surface area contributed by atoms with Gasteiger partial charge < -0.3 is 5.32 Å². The largest absolute Gasteiger partial charge is 0.380 e. The zero-order chi connectivity index (χ0) is 10.7. The van der Waals surface area contributed by atoms with Crippen LogP contribution < -0.4 is 5.32 Å². The fourth-order valence-electron chi connectivity index (χ4n) is 2.36. The van der Waals surface area contributed by atoms with E-state index in [1.807, 2.05) is 10.9 Å². The van der Waals surface area contributed by atoms with E-state index in [1.165, 1.54) is 24.9 Å². The highest BCUT2D eigenvalue weighted by Gasteiger charge is 2.21. The van der Waals surface area contributed by atoms with Crippen LogP contribution in [0, 0.1) is 5.92 Å². The number of hydrogen-bond donors (Lipinski definition) is 1. The lowest BCUT2D eigenvalue weighted by atomic mass is 10.1. The van der Waals surface area contributed by atoms with Crippen molar-refractivity contribution in [1.82, 2.24) is 9.78 Å². The van der Waals surface area contributed by atoms with Crippen molar-refractivity contribution in [2.75, 3.05) is 5.32 Å². The SMILES string of the molecule is CCCn1cc(NC2CCC(C)C2)cn1. The molecule has 2 rings (SSSR count). The van der Waals surface area contributed by atoms with Crippen molar-refractivity contribution >= 4 is 5.69 Å². The Morgan fingerprint density at radius 3 is 3.07 bits per heavy atom. The Kier molecular flexibility index (Phi) is 3.29. The molecular formula is C12H21N3. The molecule has 2 unspecified atom stereocenters. The Hall–Kier alpha value is -0.990. The molecule has 15 heavy (non-hydrogen) atoms. The van der Waals surface area contributed by atoms with Crippen LogP contribution in [0.1, 0.15) is 39.5 Å². The third-order valence-corrected chi connectivity index (χ3v) is 3.15. The van der Waals surface area contributed by atoms with E-state index in [4.69, 9.17) is 0 Å². The van der Waals surface area contributed by atoms with Crippen LogP contribution in [0.5, 0.6) is 0 Å². The average Bonchev–Trinajstić information content (AvgIpc) is 2.78. The Morgan fingerprint density at radius 2 is 2.40 bits per heavy atom. The predicted octanol–water partition coefficient (Wildman–Crippen LogP) is 2.89. The molecule has 0 spiro atoms. The van der Waals surface area contributed by atoms with Crippen molar-refractivity contribution in [2.45, 2.75) is 52.1 Å². The van der Waals surface area contributed by atoms with Crippen molar-refractivity contribution in [3.05, 3.63) is 12.4 Å². The van der Waals surface area contributed by atoms with Gasteiger partial charge in [0, 0.05) is 18.8 Å². The minimum Gasteiger partial charge on any atom is -0.380 e. The summed E-state index contributed by atoms with van der Waals surface area (Å²) in [7, 11) is 0. The zero-order valence-electron chi connectivity index (χ0n) is 9.74. The first-order chi connectivity index (χ1) is 7.28. The van der Waals surface area contributed by atoms with Gasteiger partial charge in [-0.3, -0.25) is 4.68 Å². The molecule has 1 aromatic heterocycles. The van der Waals surface area contributed by atoms with Crippen molar-refractivity contribution in [2.24, 2.45) is 5.92 Å². The summed E-state index contributed by atoms with van der Waals surface area (Å²) in [6.45, 7) is 5.53. The minimum atomic E-state index is 0.666. The standard InChI is InChI=1S/C12H21N3/c1-3-6-15-9-12(8-13-15)14-11-5-4-10(2)7-11/h8-11,14H,3-7H2,1-2H3. The van der Waals surface area contributed by atoms with E-state index in [-0.39, 0.29) is 0 Å². The maximum atomic E-state index is 4.32. The quantitative estimate of drug-likeness (QED) is 0.822. The van der Waals surface area contributed by atoms with Gasteiger partial charge in [-0.25, -0.2) is 0 Å². The smallest absolute Gasteiger partial charge is 0.0728 e. The second-order valence-electron chi connectivity index (χ2n) is 4.75. The highest BCUT2D eigenvalue weighted by molar-refractivity contribution is 5.39. The maximum absolute atomic E-state index is 4.32. The third kappa shape index (κ3) is 2.74. The molecule has 3 heteroatoms. The fourth-order valence-corrected chi connectivity index (χ4v) is 2.36. The molecule has 84 valence electrons. The van der Waals surface area contributed by atoms with E-state index in [0.717, 1.165) is 18.9 Å². The van der Waals surface area contributed by atoms with Crippen LogP contribution in [0.4, 0.5) is 5.69 Å². The number of aromatic nitrogens is 2. The van der Waals surface area contributed by atoms with Crippen molar-refractivity contribution in [3.8, 4) is 0 Å². The molecule has 0 aliphatic heterocycles. The number of aryl methyl sites for hydroxylation is 1. The monoisotopic (exact) mass is 207 g/mol. The lowest BCUT2D eigenvalue weighted by Crippen LogP contribution is -2.14. The normalized spacial score (nSPS) is 25.7. The van der Waals surface area contributed by atoms with Crippen LogP contribution in [0.15, 0.2) is 12.4 Å².